The minimum atomic E-state index is -1.62. The molecule has 0 aliphatic rings. The van der Waals surface area contributed by atoms with Crippen molar-refractivity contribution in [2.24, 2.45) is 5.41 Å². The van der Waals surface area contributed by atoms with Gasteiger partial charge >= 0.3 is 0 Å². The number of aromatic nitrogens is 3. The van der Waals surface area contributed by atoms with Crippen LogP contribution in [0.4, 0.5) is 0 Å². The largest absolute Gasteiger partial charge is 0.382 e. The number of halogens is 2. The summed E-state index contributed by atoms with van der Waals surface area (Å²) in [5.41, 5.74) is -2.42. The fraction of sp³-hybridized carbons (Fsp3) is 0.400. The lowest BCUT2D eigenvalue weighted by atomic mass is 9.70. The van der Waals surface area contributed by atoms with Crippen LogP contribution in [0.2, 0.25) is 10.0 Å². The molecule has 124 valence electrons. The Morgan fingerprint density at radius 2 is 2.09 bits per heavy atom. The van der Waals surface area contributed by atoms with E-state index in [1.807, 2.05) is 0 Å². The molecule has 1 aromatic heterocycles. The van der Waals surface area contributed by atoms with Gasteiger partial charge in [0.15, 0.2) is 0 Å². The van der Waals surface area contributed by atoms with Crippen molar-refractivity contribution < 1.29 is 9.90 Å². The molecule has 0 saturated carbocycles. The lowest BCUT2D eigenvalue weighted by Crippen LogP contribution is -2.53. The van der Waals surface area contributed by atoms with E-state index in [2.05, 4.69) is 15.4 Å². The summed E-state index contributed by atoms with van der Waals surface area (Å²) < 4.78 is 1.45. The van der Waals surface area contributed by atoms with Gasteiger partial charge in [0.1, 0.15) is 18.3 Å². The average Bonchev–Trinajstić information content (AvgIpc) is 2.98. The number of amides is 1. The second kappa shape index (κ2) is 6.47. The van der Waals surface area contributed by atoms with Crippen LogP contribution < -0.4 is 5.32 Å². The Morgan fingerprint density at radius 3 is 2.61 bits per heavy atom. The first-order valence-corrected chi connectivity index (χ1v) is 7.70. The zero-order chi connectivity index (χ0) is 17.3. The number of nitrogens with one attached hydrogen (secondary N) is 1. The molecule has 23 heavy (non-hydrogen) atoms. The SMILES string of the molecule is CNC(=O)C(C)(C)C(O)(Cn1cncn1)c1ccc(Cl)cc1Cl. The number of carbonyl (C=O) groups is 1. The molecule has 1 aromatic carbocycles. The number of hydrogen-bond donors (Lipinski definition) is 2. The van der Waals surface area contributed by atoms with Gasteiger partial charge in [0, 0.05) is 22.7 Å². The molecule has 2 rings (SSSR count). The number of rotatable bonds is 5. The van der Waals surface area contributed by atoms with Crippen molar-refractivity contribution in [3.8, 4) is 0 Å². The van der Waals surface area contributed by atoms with Crippen molar-refractivity contribution >= 4 is 29.1 Å². The summed E-state index contributed by atoms with van der Waals surface area (Å²) in [5.74, 6) is -0.328. The molecule has 0 aliphatic carbocycles. The van der Waals surface area contributed by atoms with Crippen LogP contribution in [0.25, 0.3) is 0 Å². The molecule has 8 heteroatoms. The highest BCUT2D eigenvalue weighted by atomic mass is 35.5. The smallest absolute Gasteiger partial charge is 0.228 e. The molecule has 1 heterocycles. The first-order valence-electron chi connectivity index (χ1n) is 6.95. The number of benzene rings is 1. The molecule has 1 atom stereocenters. The monoisotopic (exact) mass is 356 g/mol. The van der Waals surface area contributed by atoms with Gasteiger partial charge in [-0.25, -0.2) is 9.67 Å². The van der Waals surface area contributed by atoms with Gasteiger partial charge in [-0.1, -0.05) is 29.3 Å². The van der Waals surface area contributed by atoms with E-state index in [4.69, 9.17) is 23.2 Å². The minimum absolute atomic E-state index is 0.00870. The molecule has 0 bridgehead atoms. The normalized spacial score (nSPS) is 14.3. The van der Waals surface area contributed by atoms with Gasteiger partial charge in [0.05, 0.1) is 12.0 Å². The summed E-state index contributed by atoms with van der Waals surface area (Å²) >= 11 is 12.2. The summed E-state index contributed by atoms with van der Waals surface area (Å²) in [6.07, 6.45) is 2.82. The Morgan fingerprint density at radius 1 is 1.39 bits per heavy atom. The van der Waals surface area contributed by atoms with E-state index in [9.17, 15) is 9.90 Å². The topological polar surface area (TPSA) is 80.0 Å². The third kappa shape index (κ3) is 3.20. The first-order chi connectivity index (χ1) is 10.7. The fourth-order valence-corrected chi connectivity index (χ4v) is 3.06. The van der Waals surface area contributed by atoms with Gasteiger partial charge < -0.3 is 10.4 Å². The van der Waals surface area contributed by atoms with Crippen molar-refractivity contribution in [3.63, 3.8) is 0 Å². The summed E-state index contributed by atoms with van der Waals surface area (Å²) in [6.45, 7) is 3.30. The fourth-order valence-electron chi connectivity index (χ4n) is 2.49. The highest BCUT2D eigenvalue weighted by Gasteiger charge is 2.51. The zero-order valence-corrected chi connectivity index (χ0v) is 14.6. The molecule has 0 saturated heterocycles. The van der Waals surface area contributed by atoms with Gasteiger partial charge in [-0.05, 0) is 26.0 Å². The second-order valence-electron chi connectivity index (χ2n) is 5.78. The van der Waals surface area contributed by atoms with Gasteiger partial charge in [0.25, 0.3) is 0 Å². The van der Waals surface area contributed by atoms with Crippen LogP contribution in [0.1, 0.15) is 19.4 Å². The van der Waals surface area contributed by atoms with Crippen LogP contribution in [0, 0.1) is 5.41 Å². The molecule has 0 radical (unpaired) electrons. The third-order valence-corrected chi connectivity index (χ3v) is 4.61. The summed E-state index contributed by atoms with van der Waals surface area (Å²) in [5, 5.41) is 18.8. The Hall–Kier alpha value is -1.63. The Balaban J connectivity index is 2.61. The van der Waals surface area contributed by atoms with Crippen LogP contribution >= 0.6 is 23.2 Å². The molecule has 2 N–H and O–H groups in total. The predicted molar refractivity (Wildman–Crippen MR) is 88.2 cm³/mol. The Bertz CT molecular complexity index is 704. The summed E-state index contributed by atoms with van der Waals surface area (Å²) in [7, 11) is 1.52. The van der Waals surface area contributed by atoms with Crippen LogP contribution in [-0.2, 0) is 16.9 Å². The van der Waals surface area contributed by atoms with E-state index >= 15 is 0 Å². The maximum atomic E-state index is 12.4. The van der Waals surface area contributed by atoms with Crippen LogP contribution in [0.15, 0.2) is 30.9 Å². The van der Waals surface area contributed by atoms with Crippen molar-refractivity contribution in [2.75, 3.05) is 7.05 Å². The highest BCUT2D eigenvalue weighted by molar-refractivity contribution is 6.35. The Kier molecular flexibility index (Phi) is 4.98. The molecule has 6 nitrogen and oxygen atoms in total. The molecule has 2 aromatic rings. The third-order valence-electron chi connectivity index (χ3n) is 4.06. The van der Waals surface area contributed by atoms with E-state index in [1.165, 1.54) is 30.5 Å². The molecule has 0 aliphatic heterocycles. The van der Waals surface area contributed by atoms with Gasteiger partial charge in [-0.2, -0.15) is 5.10 Å². The zero-order valence-electron chi connectivity index (χ0n) is 13.0. The Labute approximate surface area is 144 Å². The van der Waals surface area contributed by atoms with Crippen LogP contribution in [0.3, 0.4) is 0 Å². The summed E-state index contributed by atoms with van der Waals surface area (Å²) in [4.78, 5) is 16.2. The maximum Gasteiger partial charge on any atom is 0.228 e. The number of hydrogen-bond acceptors (Lipinski definition) is 4. The molecular formula is C15H18Cl2N4O2. The van der Waals surface area contributed by atoms with Crippen molar-refractivity contribution in [1.82, 2.24) is 20.1 Å². The average molecular weight is 357 g/mol. The van der Waals surface area contributed by atoms with E-state index in [-0.39, 0.29) is 17.5 Å². The molecule has 0 spiro atoms. The number of carbonyl (C=O) groups excluding carboxylic acids is 1. The van der Waals surface area contributed by atoms with Crippen molar-refractivity contribution in [2.45, 2.75) is 26.0 Å². The number of aliphatic hydroxyl groups is 1. The molecule has 1 amide bonds. The molecule has 0 fully saturated rings. The molecular weight excluding hydrogens is 339 g/mol. The van der Waals surface area contributed by atoms with E-state index in [1.54, 1.807) is 26.0 Å². The standard InChI is InChI=1S/C15H18Cl2N4O2/c1-14(2,13(22)18-3)15(23,7-21-9-19-8-20-21)11-5-4-10(16)6-12(11)17/h4-6,8-9,23H,7H2,1-3H3,(H,18,22). The van der Waals surface area contributed by atoms with Crippen LogP contribution in [0.5, 0.6) is 0 Å². The van der Waals surface area contributed by atoms with Gasteiger partial charge in [0.2, 0.25) is 5.91 Å². The van der Waals surface area contributed by atoms with Crippen molar-refractivity contribution in [1.29, 1.82) is 0 Å². The quantitative estimate of drug-likeness (QED) is 0.860. The van der Waals surface area contributed by atoms with Crippen LogP contribution in [-0.4, -0.2) is 32.8 Å². The number of nitrogens with zero attached hydrogens (tertiary/aromatic N) is 3. The van der Waals surface area contributed by atoms with Crippen molar-refractivity contribution in [3.05, 3.63) is 46.5 Å². The van der Waals surface area contributed by atoms with E-state index < -0.39 is 11.0 Å². The second-order valence-corrected chi connectivity index (χ2v) is 6.63. The van der Waals surface area contributed by atoms with E-state index in [0.717, 1.165) is 0 Å². The highest BCUT2D eigenvalue weighted by Crippen LogP contribution is 2.44. The summed E-state index contributed by atoms with van der Waals surface area (Å²) in [6, 6.07) is 4.77. The van der Waals surface area contributed by atoms with Gasteiger partial charge in [-0.15, -0.1) is 0 Å². The lowest BCUT2D eigenvalue weighted by Gasteiger charge is -2.41. The maximum absolute atomic E-state index is 12.4. The first kappa shape index (κ1) is 17.7. The van der Waals surface area contributed by atoms with Gasteiger partial charge in [-0.3, -0.25) is 4.79 Å². The predicted octanol–water partition coefficient (Wildman–Crippen LogP) is 2.24. The minimum Gasteiger partial charge on any atom is -0.382 e. The van der Waals surface area contributed by atoms with E-state index in [0.29, 0.717) is 10.6 Å². The lowest BCUT2D eigenvalue weighted by molar-refractivity contribution is -0.150. The molecule has 1 unspecified atom stereocenters.